The largest absolute Gasteiger partial charge is 0.383 e. The number of hydrogen-bond donors (Lipinski definition) is 1. The number of anilines is 3. The van der Waals surface area contributed by atoms with Gasteiger partial charge in [0.15, 0.2) is 0 Å². The van der Waals surface area contributed by atoms with Crippen molar-refractivity contribution in [2.75, 3.05) is 55.0 Å². The molecule has 3 heterocycles. The Bertz CT molecular complexity index is 1450. The normalized spacial score (nSPS) is 13.4. The molecule has 206 valence electrons. The first-order chi connectivity index (χ1) is 19.4. The average molecular weight is 538 g/mol. The van der Waals surface area contributed by atoms with E-state index in [1.807, 2.05) is 73.8 Å². The van der Waals surface area contributed by atoms with Crippen LogP contribution in [-0.2, 0) is 16.1 Å². The molecule has 0 aliphatic carbocycles. The van der Waals surface area contributed by atoms with Gasteiger partial charge in [-0.25, -0.2) is 4.98 Å². The number of ether oxygens (including phenoxy) is 1. The van der Waals surface area contributed by atoms with Crippen molar-refractivity contribution in [2.24, 2.45) is 0 Å². The first-order valence-corrected chi connectivity index (χ1v) is 13.6. The van der Waals surface area contributed by atoms with E-state index in [0.717, 1.165) is 54.5 Å². The lowest BCUT2D eigenvalue weighted by Gasteiger charge is -2.37. The zero-order valence-corrected chi connectivity index (χ0v) is 23.3. The summed E-state index contributed by atoms with van der Waals surface area (Å²) in [5, 5.41) is 2.79. The number of carbonyl (C=O) groups is 2. The van der Waals surface area contributed by atoms with Crippen LogP contribution in [0.4, 0.5) is 17.2 Å². The summed E-state index contributed by atoms with van der Waals surface area (Å²) in [6.45, 7) is 8.55. The van der Waals surface area contributed by atoms with Crippen molar-refractivity contribution in [1.29, 1.82) is 0 Å². The van der Waals surface area contributed by atoms with Crippen molar-refractivity contribution < 1.29 is 14.3 Å². The lowest BCUT2D eigenvalue weighted by molar-refractivity contribution is -0.112. The number of hydrogen-bond acceptors (Lipinski definition) is 6. The third-order valence-corrected chi connectivity index (χ3v) is 7.18. The highest BCUT2D eigenvalue weighted by Crippen LogP contribution is 2.27. The summed E-state index contributed by atoms with van der Waals surface area (Å²) in [5.74, 6) is -0.222. The van der Waals surface area contributed by atoms with Gasteiger partial charge >= 0.3 is 0 Å². The number of methoxy groups -OCH3 is 1. The topological polar surface area (TPSA) is 79.7 Å². The number of amides is 1. The number of nitrogens with zero attached hydrogens (tertiary/aromatic N) is 4. The van der Waals surface area contributed by atoms with Crippen molar-refractivity contribution in [2.45, 2.75) is 20.4 Å². The molecule has 0 atom stereocenters. The third kappa shape index (κ3) is 6.07. The van der Waals surface area contributed by atoms with Crippen LogP contribution >= 0.6 is 0 Å². The van der Waals surface area contributed by atoms with Gasteiger partial charge in [0.1, 0.15) is 11.5 Å². The molecule has 8 nitrogen and oxygen atoms in total. The van der Waals surface area contributed by atoms with Gasteiger partial charge < -0.3 is 24.4 Å². The Balaban J connectivity index is 1.24. The summed E-state index contributed by atoms with van der Waals surface area (Å²) in [4.78, 5) is 35.8. The van der Waals surface area contributed by atoms with E-state index < -0.39 is 11.7 Å². The predicted octanol–water partition coefficient (Wildman–Crippen LogP) is 4.96. The second kappa shape index (κ2) is 12.2. The molecule has 0 bridgehead atoms. The van der Waals surface area contributed by atoms with Gasteiger partial charge in [0, 0.05) is 68.7 Å². The first-order valence-electron chi connectivity index (χ1n) is 13.6. The Morgan fingerprint density at radius 2 is 1.60 bits per heavy atom. The molecule has 0 unspecified atom stereocenters. The number of piperazine rings is 1. The van der Waals surface area contributed by atoms with E-state index in [1.54, 1.807) is 11.7 Å². The van der Waals surface area contributed by atoms with Crippen LogP contribution in [0, 0.1) is 13.8 Å². The maximum absolute atomic E-state index is 13.4. The van der Waals surface area contributed by atoms with Gasteiger partial charge in [0.05, 0.1) is 6.61 Å². The van der Waals surface area contributed by atoms with Crippen LogP contribution in [0.25, 0.3) is 11.1 Å². The van der Waals surface area contributed by atoms with E-state index in [1.165, 1.54) is 5.56 Å². The maximum Gasteiger partial charge on any atom is 0.298 e. The Morgan fingerprint density at radius 3 is 2.27 bits per heavy atom. The molecule has 2 aromatic carbocycles. The van der Waals surface area contributed by atoms with Gasteiger partial charge in [-0.05, 0) is 67.4 Å². The van der Waals surface area contributed by atoms with Gasteiger partial charge in [-0.15, -0.1) is 0 Å². The minimum Gasteiger partial charge on any atom is -0.383 e. The van der Waals surface area contributed by atoms with Crippen LogP contribution in [0.3, 0.4) is 0 Å². The lowest BCUT2D eigenvalue weighted by Crippen LogP contribution is -2.46. The number of aromatic nitrogens is 2. The van der Waals surface area contributed by atoms with Crippen LogP contribution in [0.1, 0.15) is 21.7 Å². The summed E-state index contributed by atoms with van der Waals surface area (Å²) >= 11 is 0. The molecule has 1 aliphatic heterocycles. The number of pyridine rings is 1. The van der Waals surface area contributed by atoms with Crippen molar-refractivity contribution in [3.63, 3.8) is 0 Å². The standard InChI is InChI=1S/C32H35N5O3/c1-23-21-24(2)33-29(22-23)36-17-15-35(16-18-36)27-11-9-26(10-12-27)34-32(39)31(38)30-28(25-7-5-4-6-8-25)13-14-37(30)19-20-40-3/h4-14,21-22H,15-20H2,1-3H3,(H,34,39). The highest BCUT2D eigenvalue weighted by Gasteiger charge is 2.25. The number of aryl methyl sites for hydroxylation is 2. The van der Waals surface area contributed by atoms with Gasteiger partial charge in [0.2, 0.25) is 0 Å². The van der Waals surface area contributed by atoms with Crippen LogP contribution in [0.5, 0.6) is 0 Å². The van der Waals surface area contributed by atoms with Gasteiger partial charge in [0.25, 0.3) is 11.7 Å². The minimum absolute atomic E-state index is 0.355. The van der Waals surface area contributed by atoms with Crippen molar-refractivity contribution in [1.82, 2.24) is 9.55 Å². The Kier molecular flexibility index (Phi) is 8.26. The number of Topliss-reactive ketones (excluding diaryl/α,β-unsaturated/α-hetero) is 1. The Morgan fingerprint density at radius 1 is 0.900 bits per heavy atom. The summed E-state index contributed by atoms with van der Waals surface area (Å²) in [7, 11) is 1.61. The number of nitrogens with one attached hydrogen (secondary N) is 1. The van der Waals surface area contributed by atoms with Crippen molar-refractivity contribution in [3.8, 4) is 11.1 Å². The second-order valence-electron chi connectivity index (χ2n) is 10.1. The monoisotopic (exact) mass is 537 g/mol. The van der Waals surface area contributed by atoms with E-state index in [-0.39, 0.29) is 0 Å². The fourth-order valence-electron chi connectivity index (χ4n) is 5.18. The zero-order valence-electron chi connectivity index (χ0n) is 23.3. The number of ketones is 1. The van der Waals surface area contributed by atoms with E-state index in [4.69, 9.17) is 9.72 Å². The number of benzene rings is 2. The molecule has 2 aromatic heterocycles. The molecule has 1 aliphatic rings. The minimum atomic E-state index is -0.670. The molecule has 0 spiro atoms. The molecule has 1 fully saturated rings. The Labute approximate surface area is 235 Å². The maximum atomic E-state index is 13.4. The molecule has 1 saturated heterocycles. The van der Waals surface area contributed by atoms with Crippen LogP contribution in [0.2, 0.25) is 0 Å². The molecule has 5 rings (SSSR count). The van der Waals surface area contributed by atoms with Gasteiger partial charge in [-0.3, -0.25) is 9.59 Å². The van der Waals surface area contributed by atoms with Crippen molar-refractivity contribution >= 4 is 28.9 Å². The predicted molar refractivity (Wildman–Crippen MR) is 159 cm³/mol. The van der Waals surface area contributed by atoms with E-state index in [2.05, 4.69) is 34.2 Å². The van der Waals surface area contributed by atoms with Gasteiger partial charge in [-0.2, -0.15) is 0 Å². The molecule has 1 amide bonds. The zero-order chi connectivity index (χ0) is 28.1. The number of rotatable bonds is 9. The van der Waals surface area contributed by atoms with E-state index in [9.17, 15) is 9.59 Å². The third-order valence-electron chi connectivity index (χ3n) is 7.18. The first kappa shape index (κ1) is 27.1. The highest BCUT2D eigenvalue weighted by atomic mass is 16.5. The van der Waals surface area contributed by atoms with E-state index in [0.29, 0.717) is 24.5 Å². The molecule has 0 radical (unpaired) electrons. The van der Waals surface area contributed by atoms with E-state index >= 15 is 0 Å². The Hall–Kier alpha value is -4.43. The fraction of sp³-hybridized carbons (Fsp3) is 0.281. The second-order valence-corrected chi connectivity index (χ2v) is 10.1. The smallest absolute Gasteiger partial charge is 0.298 e. The summed E-state index contributed by atoms with van der Waals surface area (Å²) in [6, 6.07) is 23.4. The molecule has 1 N–H and O–H groups in total. The SMILES string of the molecule is COCCn1ccc(-c2ccccc2)c1C(=O)C(=O)Nc1ccc(N2CCN(c3cc(C)cc(C)n3)CC2)cc1. The molecule has 0 saturated carbocycles. The number of carbonyl (C=O) groups excluding carboxylic acids is 2. The fourth-order valence-corrected chi connectivity index (χ4v) is 5.18. The lowest BCUT2D eigenvalue weighted by atomic mass is 10.0. The molecule has 4 aromatic rings. The van der Waals surface area contributed by atoms with Crippen molar-refractivity contribution in [3.05, 3.63) is 95.9 Å². The molecule has 8 heteroatoms. The summed E-state index contributed by atoms with van der Waals surface area (Å²) in [5.41, 5.74) is 5.88. The average Bonchev–Trinajstić information content (AvgIpc) is 3.40. The van der Waals surface area contributed by atoms with Crippen LogP contribution < -0.4 is 15.1 Å². The van der Waals surface area contributed by atoms with Crippen LogP contribution in [-0.4, -0.2) is 61.1 Å². The van der Waals surface area contributed by atoms with Gasteiger partial charge in [-0.1, -0.05) is 30.3 Å². The molecular formula is C32H35N5O3. The summed E-state index contributed by atoms with van der Waals surface area (Å²) < 4.78 is 6.99. The molecular weight excluding hydrogens is 502 g/mol. The molecule has 40 heavy (non-hydrogen) atoms. The highest BCUT2D eigenvalue weighted by molar-refractivity contribution is 6.47. The quantitative estimate of drug-likeness (QED) is 0.240. The summed E-state index contributed by atoms with van der Waals surface area (Å²) in [6.07, 6.45) is 1.83. The van der Waals surface area contributed by atoms with Crippen LogP contribution in [0.15, 0.2) is 79.0 Å².